The molecule has 29 heavy (non-hydrogen) atoms. The molecule has 5 heteroatoms. The summed E-state index contributed by atoms with van der Waals surface area (Å²) in [4.78, 5) is 27.6. The molecule has 5 nitrogen and oxygen atoms in total. The first kappa shape index (κ1) is 21.1. The molecule has 1 saturated heterocycles. The standard InChI is InChI=1S/C24H31N3O2/c1-16-15-20(24(29)27-14-8-7-9-17(27)2)12-13-21(16)26-23(28)18(3)22(25)19-10-5-4-6-11-19/h4-6,10-13,15,17-18,22H,7-9,14,25H2,1-3H3,(H,26,28). The van der Waals surface area contributed by atoms with Crippen molar-refractivity contribution >= 4 is 17.5 Å². The Hall–Kier alpha value is -2.66. The van der Waals surface area contributed by atoms with Crippen LogP contribution in [0.2, 0.25) is 0 Å². The third-order valence-corrected chi connectivity index (χ3v) is 5.93. The van der Waals surface area contributed by atoms with Crippen LogP contribution in [0.5, 0.6) is 0 Å². The zero-order chi connectivity index (χ0) is 21.0. The SMILES string of the molecule is Cc1cc(C(=O)N2CCCCC2C)ccc1NC(=O)C(C)C(N)c1ccccc1. The maximum absolute atomic E-state index is 12.9. The molecule has 3 N–H and O–H groups in total. The van der Waals surface area contributed by atoms with Gasteiger partial charge < -0.3 is 16.0 Å². The number of nitrogens with two attached hydrogens (primary N) is 1. The Balaban J connectivity index is 1.68. The van der Waals surface area contributed by atoms with Crippen molar-refractivity contribution in [1.82, 2.24) is 4.90 Å². The number of likely N-dealkylation sites (tertiary alicyclic amines) is 1. The van der Waals surface area contributed by atoms with E-state index in [2.05, 4.69) is 12.2 Å². The highest BCUT2D eigenvalue weighted by Crippen LogP contribution is 2.24. The molecular weight excluding hydrogens is 362 g/mol. The van der Waals surface area contributed by atoms with Crippen LogP contribution in [-0.4, -0.2) is 29.3 Å². The van der Waals surface area contributed by atoms with Crippen molar-refractivity contribution in [1.29, 1.82) is 0 Å². The van der Waals surface area contributed by atoms with Gasteiger partial charge in [0.15, 0.2) is 0 Å². The fourth-order valence-corrected chi connectivity index (χ4v) is 3.88. The van der Waals surface area contributed by atoms with Crippen molar-refractivity contribution in [2.75, 3.05) is 11.9 Å². The predicted octanol–water partition coefficient (Wildman–Crippen LogP) is 4.28. The summed E-state index contributed by atoms with van der Waals surface area (Å²) in [6.07, 6.45) is 3.29. The lowest BCUT2D eigenvalue weighted by Gasteiger charge is -2.33. The van der Waals surface area contributed by atoms with Crippen LogP contribution < -0.4 is 11.1 Å². The molecule has 2 aromatic rings. The van der Waals surface area contributed by atoms with E-state index < -0.39 is 0 Å². The number of rotatable bonds is 5. The van der Waals surface area contributed by atoms with Crippen molar-refractivity contribution < 1.29 is 9.59 Å². The number of anilines is 1. The number of piperidine rings is 1. The van der Waals surface area contributed by atoms with Gasteiger partial charge in [-0.1, -0.05) is 37.3 Å². The van der Waals surface area contributed by atoms with Crippen molar-refractivity contribution in [3.05, 3.63) is 65.2 Å². The average Bonchev–Trinajstić information content (AvgIpc) is 2.74. The molecule has 0 radical (unpaired) electrons. The first-order valence-corrected chi connectivity index (χ1v) is 10.4. The number of benzene rings is 2. The first-order valence-electron chi connectivity index (χ1n) is 10.4. The number of nitrogens with zero attached hydrogens (tertiary/aromatic N) is 1. The number of hydrogen-bond donors (Lipinski definition) is 2. The molecule has 1 fully saturated rings. The maximum atomic E-state index is 12.9. The second kappa shape index (κ2) is 9.23. The zero-order valence-electron chi connectivity index (χ0n) is 17.5. The highest BCUT2D eigenvalue weighted by atomic mass is 16.2. The molecule has 1 aliphatic rings. The minimum Gasteiger partial charge on any atom is -0.336 e. The second-order valence-electron chi connectivity index (χ2n) is 8.09. The maximum Gasteiger partial charge on any atom is 0.254 e. The molecule has 2 amide bonds. The predicted molar refractivity (Wildman–Crippen MR) is 117 cm³/mol. The van der Waals surface area contributed by atoms with Gasteiger partial charge in [0.1, 0.15) is 0 Å². The van der Waals surface area contributed by atoms with Crippen LogP contribution in [0.15, 0.2) is 48.5 Å². The van der Waals surface area contributed by atoms with Gasteiger partial charge in [-0.25, -0.2) is 0 Å². The average molecular weight is 394 g/mol. The highest BCUT2D eigenvalue weighted by Gasteiger charge is 2.25. The van der Waals surface area contributed by atoms with E-state index in [0.29, 0.717) is 11.3 Å². The first-order chi connectivity index (χ1) is 13.9. The third kappa shape index (κ3) is 4.85. The van der Waals surface area contributed by atoms with Crippen molar-refractivity contribution in [2.45, 2.75) is 52.1 Å². The van der Waals surface area contributed by atoms with E-state index >= 15 is 0 Å². The summed E-state index contributed by atoms with van der Waals surface area (Å²) in [5.41, 5.74) is 9.47. The van der Waals surface area contributed by atoms with Gasteiger partial charge in [-0.2, -0.15) is 0 Å². The summed E-state index contributed by atoms with van der Waals surface area (Å²) in [6.45, 7) is 6.66. The van der Waals surface area contributed by atoms with Crippen molar-refractivity contribution in [3.63, 3.8) is 0 Å². The summed E-state index contributed by atoms with van der Waals surface area (Å²) in [6, 6.07) is 15.0. The minimum atomic E-state index is -0.382. The lowest BCUT2D eigenvalue weighted by molar-refractivity contribution is -0.120. The van der Waals surface area contributed by atoms with Crippen LogP contribution >= 0.6 is 0 Å². The van der Waals surface area contributed by atoms with Gasteiger partial charge in [-0.05, 0) is 62.4 Å². The van der Waals surface area contributed by atoms with E-state index in [1.54, 1.807) is 6.07 Å². The fraction of sp³-hybridized carbons (Fsp3) is 0.417. The molecule has 1 aliphatic heterocycles. The van der Waals surface area contributed by atoms with Gasteiger partial charge in [0.05, 0.1) is 5.92 Å². The molecule has 0 bridgehead atoms. The largest absolute Gasteiger partial charge is 0.336 e. The smallest absolute Gasteiger partial charge is 0.254 e. The van der Waals surface area contributed by atoms with E-state index in [-0.39, 0.29) is 29.8 Å². The van der Waals surface area contributed by atoms with Gasteiger partial charge in [0.2, 0.25) is 5.91 Å². The molecule has 2 aromatic carbocycles. The number of carbonyl (C=O) groups is 2. The second-order valence-corrected chi connectivity index (χ2v) is 8.09. The van der Waals surface area contributed by atoms with Crippen molar-refractivity contribution in [3.8, 4) is 0 Å². The van der Waals surface area contributed by atoms with Gasteiger partial charge in [0.25, 0.3) is 5.91 Å². The number of carbonyl (C=O) groups excluding carboxylic acids is 2. The number of nitrogens with one attached hydrogen (secondary N) is 1. The van der Waals surface area contributed by atoms with E-state index in [9.17, 15) is 9.59 Å². The molecule has 0 aliphatic carbocycles. The summed E-state index contributed by atoms with van der Waals surface area (Å²) < 4.78 is 0. The lowest BCUT2D eigenvalue weighted by atomic mass is 9.94. The van der Waals surface area contributed by atoms with Crippen LogP contribution in [0.1, 0.15) is 60.6 Å². The molecular formula is C24H31N3O2. The summed E-state index contributed by atoms with van der Waals surface area (Å²) in [5, 5.41) is 2.97. The van der Waals surface area contributed by atoms with Crippen LogP contribution in [-0.2, 0) is 4.79 Å². The zero-order valence-corrected chi connectivity index (χ0v) is 17.5. The Kier molecular flexibility index (Phi) is 6.70. The van der Waals surface area contributed by atoms with Gasteiger partial charge in [-0.3, -0.25) is 9.59 Å². The Morgan fingerprint density at radius 1 is 1.14 bits per heavy atom. The van der Waals surface area contributed by atoms with E-state index in [1.807, 2.05) is 61.2 Å². The summed E-state index contributed by atoms with van der Waals surface area (Å²) >= 11 is 0. The van der Waals surface area contributed by atoms with Gasteiger partial charge in [-0.15, -0.1) is 0 Å². The quantitative estimate of drug-likeness (QED) is 0.796. The molecule has 0 spiro atoms. The fourth-order valence-electron chi connectivity index (χ4n) is 3.88. The molecule has 0 saturated carbocycles. The number of amides is 2. The third-order valence-electron chi connectivity index (χ3n) is 5.93. The Bertz CT molecular complexity index is 866. The minimum absolute atomic E-state index is 0.0673. The van der Waals surface area contributed by atoms with Crippen LogP contribution in [0.4, 0.5) is 5.69 Å². The Labute approximate surface area is 173 Å². The Morgan fingerprint density at radius 3 is 2.52 bits per heavy atom. The summed E-state index contributed by atoms with van der Waals surface area (Å²) in [7, 11) is 0. The molecule has 0 aromatic heterocycles. The highest BCUT2D eigenvalue weighted by molar-refractivity contribution is 5.97. The normalized spacial score (nSPS) is 18.8. The van der Waals surface area contributed by atoms with Crippen LogP contribution in [0.25, 0.3) is 0 Å². The van der Waals surface area contributed by atoms with E-state index in [1.165, 1.54) is 6.42 Å². The van der Waals surface area contributed by atoms with Crippen LogP contribution in [0, 0.1) is 12.8 Å². The van der Waals surface area contributed by atoms with Crippen molar-refractivity contribution in [2.24, 2.45) is 11.7 Å². The van der Waals surface area contributed by atoms with Gasteiger partial charge >= 0.3 is 0 Å². The summed E-state index contributed by atoms with van der Waals surface area (Å²) in [5.74, 6) is -0.446. The monoisotopic (exact) mass is 393 g/mol. The number of hydrogen-bond acceptors (Lipinski definition) is 3. The molecule has 3 atom stereocenters. The molecule has 3 unspecified atom stereocenters. The van der Waals surface area contributed by atoms with Crippen LogP contribution in [0.3, 0.4) is 0 Å². The molecule has 154 valence electrons. The number of aryl methyl sites for hydroxylation is 1. The van der Waals surface area contributed by atoms with E-state index in [0.717, 1.165) is 30.5 Å². The lowest BCUT2D eigenvalue weighted by Crippen LogP contribution is -2.42. The Morgan fingerprint density at radius 2 is 1.86 bits per heavy atom. The van der Waals surface area contributed by atoms with Gasteiger partial charge in [0, 0.05) is 29.9 Å². The molecule has 3 rings (SSSR count). The molecule has 1 heterocycles. The topological polar surface area (TPSA) is 75.4 Å². The van der Waals surface area contributed by atoms with E-state index in [4.69, 9.17) is 5.73 Å².